The van der Waals surface area contributed by atoms with Crippen LogP contribution in [-0.2, 0) is 13.9 Å². The van der Waals surface area contributed by atoms with Crippen molar-refractivity contribution in [1.82, 2.24) is 5.32 Å². The molecule has 0 aliphatic heterocycles. The Labute approximate surface area is 75.8 Å². The van der Waals surface area contributed by atoms with E-state index < -0.39 is 20.0 Å². The van der Waals surface area contributed by atoms with Gasteiger partial charge < -0.3 is 15.1 Å². The molecular formula is C6H12NO5P. The number of phosphoric acid groups is 1. The molecule has 0 fully saturated rings. The van der Waals surface area contributed by atoms with Crippen LogP contribution in [0.4, 0.5) is 0 Å². The van der Waals surface area contributed by atoms with E-state index in [4.69, 9.17) is 9.79 Å². The third kappa shape index (κ3) is 6.48. The van der Waals surface area contributed by atoms with Crippen molar-refractivity contribution in [2.45, 2.75) is 20.1 Å². The molecule has 1 unspecified atom stereocenters. The highest BCUT2D eigenvalue weighted by Gasteiger charge is 2.19. The van der Waals surface area contributed by atoms with Gasteiger partial charge in [0.1, 0.15) is 6.23 Å². The summed E-state index contributed by atoms with van der Waals surface area (Å²) >= 11 is 0. The van der Waals surface area contributed by atoms with Gasteiger partial charge in [0, 0.05) is 5.57 Å². The molecule has 0 bridgehead atoms. The maximum Gasteiger partial charge on any atom is 0.471 e. The lowest BCUT2D eigenvalue weighted by Crippen LogP contribution is -2.34. The number of hydrogen-bond donors (Lipinski definition) is 3. The number of carbonyl (C=O) groups is 1. The van der Waals surface area contributed by atoms with E-state index in [1.54, 1.807) is 0 Å². The first-order valence-electron chi connectivity index (χ1n) is 3.42. The van der Waals surface area contributed by atoms with Crippen molar-refractivity contribution in [1.29, 1.82) is 0 Å². The summed E-state index contributed by atoms with van der Waals surface area (Å²) in [7, 11) is -4.55. The highest BCUT2D eigenvalue weighted by Crippen LogP contribution is 2.36. The first kappa shape index (κ1) is 12.3. The third-order valence-electron chi connectivity index (χ3n) is 1.02. The summed E-state index contributed by atoms with van der Waals surface area (Å²) in [4.78, 5) is 27.6. The van der Waals surface area contributed by atoms with Crippen LogP contribution in [0.25, 0.3) is 0 Å². The van der Waals surface area contributed by atoms with Gasteiger partial charge in [-0.2, -0.15) is 0 Å². The summed E-state index contributed by atoms with van der Waals surface area (Å²) in [6.07, 6.45) is -1.05. The number of rotatable bonds is 4. The van der Waals surface area contributed by atoms with E-state index in [1.807, 2.05) is 0 Å². The van der Waals surface area contributed by atoms with Crippen molar-refractivity contribution in [3.8, 4) is 0 Å². The third-order valence-corrected chi connectivity index (χ3v) is 1.61. The Bertz CT molecular complexity index is 258. The molecule has 3 N–H and O–H groups in total. The van der Waals surface area contributed by atoms with Crippen molar-refractivity contribution in [2.24, 2.45) is 0 Å². The predicted octanol–water partition coefficient (Wildman–Crippen LogP) is 0.134. The Morgan fingerprint density at radius 1 is 1.62 bits per heavy atom. The lowest BCUT2D eigenvalue weighted by atomic mass is 10.3. The molecule has 1 amide bonds. The van der Waals surface area contributed by atoms with Gasteiger partial charge in [0.2, 0.25) is 5.91 Å². The van der Waals surface area contributed by atoms with Crippen molar-refractivity contribution in [3.05, 3.63) is 12.2 Å². The van der Waals surface area contributed by atoms with Crippen LogP contribution >= 0.6 is 7.82 Å². The van der Waals surface area contributed by atoms with Crippen molar-refractivity contribution >= 4 is 13.7 Å². The normalized spacial score (nSPS) is 13.5. The highest BCUT2D eigenvalue weighted by molar-refractivity contribution is 7.46. The predicted molar refractivity (Wildman–Crippen MR) is 45.5 cm³/mol. The molecule has 0 spiro atoms. The second-order valence-electron chi connectivity index (χ2n) is 2.49. The van der Waals surface area contributed by atoms with E-state index in [2.05, 4.69) is 16.4 Å². The molecule has 6 nitrogen and oxygen atoms in total. The van der Waals surface area contributed by atoms with Crippen LogP contribution < -0.4 is 5.32 Å². The molecule has 0 aromatic heterocycles. The minimum absolute atomic E-state index is 0.237. The van der Waals surface area contributed by atoms with E-state index in [0.29, 0.717) is 0 Å². The van der Waals surface area contributed by atoms with Crippen molar-refractivity contribution in [2.75, 3.05) is 0 Å². The Hall–Kier alpha value is -0.680. The number of amides is 1. The number of carbonyl (C=O) groups excluding carboxylic acids is 1. The Balaban J connectivity index is 4.03. The van der Waals surface area contributed by atoms with E-state index in [1.165, 1.54) is 13.8 Å². The second-order valence-corrected chi connectivity index (χ2v) is 3.68. The average Bonchev–Trinajstić information content (AvgIpc) is 1.81. The summed E-state index contributed by atoms with van der Waals surface area (Å²) < 4.78 is 14.4. The van der Waals surface area contributed by atoms with Crippen molar-refractivity contribution < 1.29 is 23.7 Å². The molecule has 0 saturated carbocycles. The maximum absolute atomic E-state index is 10.9. The SMILES string of the molecule is C=C(C)C(=O)NC(C)OP(=O)(O)O. The second kappa shape index (κ2) is 4.53. The largest absolute Gasteiger partial charge is 0.471 e. The van der Waals surface area contributed by atoms with Gasteiger partial charge in [-0.25, -0.2) is 4.57 Å². The first-order chi connectivity index (χ1) is 5.72. The zero-order valence-corrected chi connectivity index (χ0v) is 8.25. The first-order valence-corrected chi connectivity index (χ1v) is 4.95. The Morgan fingerprint density at radius 3 is 2.38 bits per heavy atom. The van der Waals surface area contributed by atoms with E-state index in [-0.39, 0.29) is 5.57 Å². The van der Waals surface area contributed by atoms with Gasteiger partial charge in [0.05, 0.1) is 0 Å². The van der Waals surface area contributed by atoms with Crippen LogP contribution in [0, 0.1) is 0 Å². The van der Waals surface area contributed by atoms with Gasteiger partial charge >= 0.3 is 7.82 Å². The van der Waals surface area contributed by atoms with Crippen LogP contribution in [0.3, 0.4) is 0 Å². The summed E-state index contributed by atoms with van der Waals surface area (Å²) in [6.45, 7) is 6.12. The average molecular weight is 209 g/mol. The Kier molecular flexibility index (Phi) is 4.29. The van der Waals surface area contributed by atoms with Gasteiger partial charge in [-0.15, -0.1) is 0 Å². The van der Waals surface area contributed by atoms with E-state index in [9.17, 15) is 9.36 Å². The monoisotopic (exact) mass is 209 g/mol. The molecule has 0 aliphatic carbocycles. The molecule has 76 valence electrons. The van der Waals surface area contributed by atoms with Crippen molar-refractivity contribution in [3.63, 3.8) is 0 Å². The minimum Gasteiger partial charge on any atom is -0.327 e. The molecule has 0 aromatic rings. The number of nitrogens with one attached hydrogen (secondary N) is 1. The minimum atomic E-state index is -4.55. The maximum atomic E-state index is 10.9. The summed E-state index contributed by atoms with van der Waals surface area (Å²) in [6, 6.07) is 0. The number of hydrogen-bond acceptors (Lipinski definition) is 3. The fourth-order valence-corrected chi connectivity index (χ4v) is 1.00. The van der Waals surface area contributed by atoms with E-state index in [0.717, 1.165) is 0 Å². The lowest BCUT2D eigenvalue weighted by molar-refractivity contribution is -0.119. The number of phosphoric ester groups is 1. The molecule has 1 atom stereocenters. The topological polar surface area (TPSA) is 95.9 Å². The fourth-order valence-electron chi connectivity index (χ4n) is 0.540. The molecule has 7 heteroatoms. The van der Waals surface area contributed by atoms with Gasteiger partial charge in [-0.05, 0) is 13.8 Å². The fraction of sp³-hybridized carbons (Fsp3) is 0.500. The van der Waals surface area contributed by atoms with Crippen LogP contribution in [-0.4, -0.2) is 21.9 Å². The van der Waals surface area contributed by atoms with Gasteiger partial charge in [0.15, 0.2) is 0 Å². The molecule has 0 aromatic carbocycles. The summed E-state index contributed by atoms with van der Waals surface area (Å²) in [5.74, 6) is -0.513. The van der Waals surface area contributed by atoms with Crippen LogP contribution in [0.5, 0.6) is 0 Å². The lowest BCUT2D eigenvalue weighted by Gasteiger charge is -2.14. The quantitative estimate of drug-likeness (QED) is 0.347. The van der Waals surface area contributed by atoms with Gasteiger partial charge in [0.25, 0.3) is 0 Å². The molecular weight excluding hydrogens is 197 g/mol. The van der Waals surface area contributed by atoms with Gasteiger partial charge in [-0.1, -0.05) is 6.58 Å². The molecule has 0 heterocycles. The molecule has 0 saturated heterocycles. The molecule has 0 rings (SSSR count). The molecule has 13 heavy (non-hydrogen) atoms. The standard InChI is InChI=1S/C6H12NO5P/c1-4(2)6(8)7-5(3)12-13(9,10)11/h5H,1H2,2-3H3,(H,7,8)(H2,9,10,11). The summed E-state index contributed by atoms with van der Waals surface area (Å²) in [5.41, 5.74) is 0.237. The molecule has 0 aliphatic rings. The van der Waals surface area contributed by atoms with Crippen LogP contribution in [0.2, 0.25) is 0 Å². The zero-order chi connectivity index (χ0) is 10.6. The Morgan fingerprint density at radius 2 is 2.08 bits per heavy atom. The van der Waals surface area contributed by atoms with Crippen LogP contribution in [0.15, 0.2) is 12.2 Å². The van der Waals surface area contributed by atoms with E-state index >= 15 is 0 Å². The van der Waals surface area contributed by atoms with Gasteiger partial charge in [-0.3, -0.25) is 9.32 Å². The smallest absolute Gasteiger partial charge is 0.327 e. The molecule has 0 radical (unpaired) electrons. The summed E-state index contributed by atoms with van der Waals surface area (Å²) in [5, 5.41) is 2.18. The van der Waals surface area contributed by atoms with Crippen LogP contribution in [0.1, 0.15) is 13.8 Å². The highest BCUT2D eigenvalue weighted by atomic mass is 31.2. The zero-order valence-electron chi connectivity index (χ0n) is 7.35.